The molecule has 1 aliphatic heterocycles. The molecule has 1 aromatic heterocycles. The Morgan fingerprint density at radius 2 is 1.09 bits per heavy atom. The zero-order chi connectivity index (χ0) is 37.8. The molecule has 0 fully saturated rings. The van der Waals surface area contributed by atoms with Gasteiger partial charge in [-0.2, -0.15) is 0 Å². The van der Waals surface area contributed by atoms with E-state index >= 15 is 0 Å². The predicted octanol–water partition coefficient (Wildman–Crippen LogP) is 12.6. The van der Waals surface area contributed by atoms with Gasteiger partial charge in [-0.25, -0.2) is 15.0 Å². The van der Waals surface area contributed by atoms with Crippen LogP contribution in [-0.4, -0.2) is 15.0 Å². The Labute approximate surface area is 326 Å². The molecule has 10 rings (SSSR count). The standard InChI is InChI=1S/C51H35N3O2/c1-4-33(3)48-52-49(36-17-13-15-32(2)27-36)54-50(53-48)37-18-14-16-34(28-37)35-25-26-44-45(29-35)56-47-31-43-41(30-46(47)55-44)40-23-11-12-24-42(40)51(43,38-19-7-5-8-20-38)39-21-9-6-10-22-39/h4-31H,1,3H2,2H3. The van der Waals surface area contributed by atoms with Crippen LogP contribution in [0, 0.1) is 6.92 Å². The van der Waals surface area contributed by atoms with Crippen molar-refractivity contribution < 1.29 is 9.47 Å². The lowest BCUT2D eigenvalue weighted by Crippen LogP contribution is -2.28. The molecule has 266 valence electrons. The van der Waals surface area contributed by atoms with E-state index in [2.05, 4.69) is 147 Å². The van der Waals surface area contributed by atoms with Gasteiger partial charge in [0, 0.05) is 16.7 Å². The molecular weight excluding hydrogens is 687 g/mol. The number of benzene rings is 7. The van der Waals surface area contributed by atoms with Gasteiger partial charge in [0.25, 0.3) is 0 Å². The first-order valence-corrected chi connectivity index (χ1v) is 18.6. The Morgan fingerprint density at radius 3 is 1.80 bits per heavy atom. The summed E-state index contributed by atoms with van der Waals surface area (Å²) in [5.74, 6) is 4.30. The largest absolute Gasteiger partial charge is 0.449 e. The molecule has 5 heteroatoms. The SMILES string of the molecule is C=CC(=C)c1nc(-c2cccc(C)c2)nc(-c2cccc(-c3ccc4c(c3)Oc3cc5c(cc3O4)-c3ccccc3C5(c3ccccc3)c3ccccc3)c2)n1. The van der Waals surface area contributed by atoms with Crippen molar-refractivity contribution in [3.63, 3.8) is 0 Å². The van der Waals surface area contributed by atoms with Crippen molar-refractivity contribution in [1.29, 1.82) is 0 Å². The molecule has 0 radical (unpaired) electrons. The van der Waals surface area contributed by atoms with Gasteiger partial charge in [-0.3, -0.25) is 0 Å². The van der Waals surface area contributed by atoms with Crippen LogP contribution in [0.1, 0.15) is 33.6 Å². The summed E-state index contributed by atoms with van der Waals surface area (Å²) >= 11 is 0. The Bertz CT molecular complexity index is 2820. The number of hydrogen-bond acceptors (Lipinski definition) is 5. The van der Waals surface area contributed by atoms with Gasteiger partial charge in [0.1, 0.15) is 0 Å². The summed E-state index contributed by atoms with van der Waals surface area (Å²) < 4.78 is 13.4. The number of ether oxygens (including phenoxy) is 2. The summed E-state index contributed by atoms with van der Waals surface area (Å²) in [4.78, 5) is 14.5. The molecule has 0 spiro atoms. The van der Waals surface area contributed by atoms with Crippen LogP contribution in [0.2, 0.25) is 0 Å². The first-order valence-electron chi connectivity index (χ1n) is 18.6. The molecule has 1 aliphatic carbocycles. The fraction of sp³-hybridized carbons (Fsp3) is 0.0392. The zero-order valence-electron chi connectivity index (χ0n) is 30.7. The average molecular weight is 722 g/mol. The average Bonchev–Trinajstić information content (AvgIpc) is 3.54. The van der Waals surface area contributed by atoms with E-state index < -0.39 is 5.41 Å². The molecule has 0 bridgehead atoms. The predicted molar refractivity (Wildman–Crippen MR) is 224 cm³/mol. The molecule has 0 unspecified atom stereocenters. The summed E-state index contributed by atoms with van der Waals surface area (Å²) in [5, 5.41) is 0. The zero-order valence-corrected chi connectivity index (χ0v) is 30.7. The minimum atomic E-state index is -0.540. The number of nitrogens with zero attached hydrogens (tertiary/aromatic N) is 3. The molecule has 0 amide bonds. The van der Waals surface area contributed by atoms with E-state index in [0.29, 0.717) is 46.0 Å². The van der Waals surface area contributed by atoms with Crippen LogP contribution < -0.4 is 9.47 Å². The maximum Gasteiger partial charge on any atom is 0.170 e. The van der Waals surface area contributed by atoms with Crippen molar-refractivity contribution in [2.45, 2.75) is 12.3 Å². The van der Waals surface area contributed by atoms with Gasteiger partial charge in [-0.05, 0) is 87.8 Å². The van der Waals surface area contributed by atoms with E-state index in [1.807, 2.05) is 36.4 Å². The number of fused-ring (bicyclic) bond motifs is 5. The van der Waals surface area contributed by atoms with Gasteiger partial charge >= 0.3 is 0 Å². The summed E-state index contributed by atoms with van der Waals surface area (Å²) in [5.41, 5.74) is 12.0. The highest BCUT2D eigenvalue weighted by atomic mass is 16.6. The van der Waals surface area contributed by atoms with E-state index in [1.54, 1.807) is 6.08 Å². The van der Waals surface area contributed by atoms with Crippen LogP contribution in [-0.2, 0) is 5.41 Å². The molecule has 7 aromatic carbocycles. The van der Waals surface area contributed by atoms with Crippen LogP contribution in [0.25, 0.3) is 50.6 Å². The molecule has 2 heterocycles. The second kappa shape index (κ2) is 13.2. The molecule has 56 heavy (non-hydrogen) atoms. The third-order valence-electron chi connectivity index (χ3n) is 10.8. The topological polar surface area (TPSA) is 57.1 Å². The van der Waals surface area contributed by atoms with Crippen LogP contribution in [0.3, 0.4) is 0 Å². The summed E-state index contributed by atoms with van der Waals surface area (Å²) in [6.07, 6.45) is 1.67. The normalized spacial score (nSPS) is 12.9. The fourth-order valence-electron chi connectivity index (χ4n) is 8.19. The molecule has 0 N–H and O–H groups in total. The maximum absolute atomic E-state index is 6.80. The van der Waals surface area contributed by atoms with Gasteiger partial charge in [0.2, 0.25) is 0 Å². The van der Waals surface area contributed by atoms with Crippen molar-refractivity contribution in [1.82, 2.24) is 15.0 Å². The lowest BCUT2D eigenvalue weighted by atomic mass is 9.67. The molecular formula is C51H35N3O2. The first kappa shape index (κ1) is 33.2. The monoisotopic (exact) mass is 721 g/mol. The summed E-state index contributed by atoms with van der Waals surface area (Å²) in [7, 11) is 0. The Balaban J connectivity index is 1.05. The first-order chi connectivity index (χ1) is 27.5. The number of rotatable bonds is 7. The molecule has 5 nitrogen and oxygen atoms in total. The number of allylic oxidation sites excluding steroid dienone is 2. The summed E-state index contributed by atoms with van der Waals surface area (Å²) in [6.45, 7) is 10.1. The van der Waals surface area contributed by atoms with E-state index in [-0.39, 0.29) is 0 Å². The van der Waals surface area contributed by atoms with E-state index in [0.717, 1.165) is 38.9 Å². The Morgan fingerprint density at radius 1 is 0.500 bits per heavy atom. The number of hydrogen-bond donors (Lipinski definition) is 0. The minimum Gasteiger partial charge on any atom is -0.449 e. The van der Waals surface area contributed by atoms with Crippen LogP contribution in [0.15, 0.2) is 183 Å². The van der Waals surface area contributed by atoms with Gasteiger partial charge in [-0.15, -0.1) is 0 Å². The summed E-state index contributed by atoms with van der Waals surface area (Å²) in [6, 6.07) is 56.9. The highest BCUT2D eigenvalue weighted by molar-refractivity contribution is 5.88. The Kier molecular flexibility index (Phi) is 7.82. The van der Waals surface area contributed by atoms with Crippen LogP contribution in [0.4, 0.5) is 0 Å². The van der Waals surface area contributed by atoms with Gasteiger partial charge in [-0.1, -0.05) is 152 Å². The smallest absolute Gasteiger partial charge is 0.170 e. The minimum absolute atomic E-state index is 0.489. The second-order valence-corrected chi connectivity index (χ2v) is 14.2. The second-order valence-electron chi connectivity index (χ2n) is 14.2. The van der Waals surface area contributed by atoms with Crippen molar-refractivity contribution in [2.24, 2.45) is 0 Å². The lowest BCUT2D eigenvalue weighted by molar-refractivity contribution is 0.359. The van der Waals surface area contributed by atoms with E-state index in [4.69, 9.17) is 24.4 Å². The number of aryl methyl sites for hydroxylation is 1. The third-order valence-corrected chi connectivity index (χ3v) is 10.8. The highest BCUT2D eigenvalue weighted by Crippen LogP contribution is 2.59. The van der Waals surface area contributed by atoms with E-state index in [9.17, 15) is 0 Å². The molecule has 0 saturated carbocycles. The van der Waals surface area contributed by atoms with Crippen LogP contribution in [0.5, 0.6) is 23.0 Å². The number of aromatic nitrogens is 3. The van der Waals surface area contributed by atoms with Gasteiger partial charge in [0.15, 0.2) is 40.5 Å². The van der Waals surface area contributed by atoms with Crippen molar-refractivity contribution in [2.75, 3.05) is 0 Å². The maximum atomic E-state index is 6.80. The van der Waals surface area contributed by atoms with Gasteiger partial charge in [0.05, 0.1) is 5.41 Å². The molecule has 0 saturated heterocycles. The van der Waals surface area contributed by atoms with E-state index in [1.165, 1.54) is 22.3 Å². The highest BCUT2D eigenvalue weighted by Gasteiger charge is 2.47. The lowest BCUT2D eigenvalue weighted by Gasteiger charge is -2.34. The van der Waals surface area contributed by atoms with Gasteiger partial charge < -0.3 is 9.47 Å². The quantitative estimate of drug-likeness (QED) is 0.153. The van der Waals surface area contributed by atoms with Crippen molar-refractivity contribution in [3.05, 3.63) is 217 Å². The Hall–Kier alpha value is -7.37. The fourth-order valence-corrected chi connectivity index (χ4v) is 8.19. The van der Waals surface area contributed by atoms with Crippen molar-refractivity contribution >= 4 is 5.57 Å². The van der Waals surface area contributed by atoms with Crippen molar-refractivity contribution in [3.8, 4) is 68.0 Å². The molecule has 0 atom stereocenters. The van der Waals surface area contributed by atoms with Crippen LogP contribution >= 0.6 is 0 Å². The molecule has 2 aliphatic rings. The third kappa shape index (κ3) is 5.36. The molecule has 8 aromatic rings.